The summed E-state index contributed by atoms with van der Waals surface area (Å²) in [5, 5.41) is 3.52. The van der Waals surface area contributed by atoms with E-state index in [0.717, 1.165) is 19.6 Å². The van der Waals surface area contributed by atoms with Gasteiger partial charge in [0.15, 0.2) is 0 Å². The van der Waals surface area contributed by atoms with Crippen LogP contribution in [0.1, 0.15) is 19.3 Å². The van der Waals surface area contributed by atoms with Crippen LogP contribution >= 0.6 is 0 Å². The first-order valence-electron chi connectivity index (χ1n) is 7.45. The molecule has 0 aliphatic carbocycles. The molecule has 0 radical (unpaired) electrons. The Morgan fingerprint density at radius 1 is 0.944 bits per heavy atom. The van der Waals surface area contributed by atoms with E-state index in [1.165, 1.54) is 52.0 Å². The Morgan fingerprint density at radius 3 is 2.33 bits per heavy atom. The molecule has 0 aromatic heterocycles. The van der Waals surface area contributed by atoms with Gasteiger partial charge < -0.3 is 20.0 Å². The summed E-state index contributed by atoms with van der Waals surface area (Å²) in [6, 6.07) is 0. The molecule has 1 N–H and O–H groups in total. The minimum absolute atomic E-state index is 1.12. The van der Waals surface area contributed by atoms with Crippen LogP contribution in [-0.4, -0.2) is 88.2 Å². The second-order valence-corrected chi connectivity index (χ2v) is 5.76. The fourth-order valence-electron chi connectivity index (χ4n) is 2.35. The summed E-state index contributed by atoms with van der Waals surface area (Å²) < 4.78 is 0. The average Bonchev–Trinajstić information content (AvgIpc) is 2.83. The molecular formula is C14H32N4. The Bertz CT molecular complexity index is 190. The standard InChI is InChI=1S/C14H32N4/c1-16(2)9-6-7-15-8-12-17(3)13-14-18-10-4-5-11-18/h15H,4-14H2,1-3H3. The Labute approximate surface area is 113 Å². The highest BCUT2D eigenvalue weighted by Gasteiger charge is 2.11. The van der Waals surface area contributed by atoms with Crippen molar-refractivity contribution >= 4 is 0 Å². The van der Waals surface area contributed by atoms with Crippen LogP contribution in [0.4, 0.5) is 0 Å². The third-order valence-corrected chi connectivity index (χ3v) is 3.63. The molecule has 108 valence electrons. The van der Waals surface area contributed by atoms with E-state index in [9.17, 15) is 0 Å². The van der Waals surface area contributed by atoms with E-state index in [4.69, 9.17) is 0 Å². The number of hydrogen-bond acceptors (Lipinski definition) is 4. The van der Waals surface area contributed by atoms with Gasteiger partial charge in [-0.1, -0.05) is 0 Å². The van der Waals surface area contributed by atoms with Gasteiger partial charge in [0, 0.05) is 26.2 Å². The maximum absolute atomic E-state index is 3.52. The van der Waals surface area contributed by atoms with Crippen LogP contribution in [0.25, 0.3) is 0 Å². The van der Waals surface area contributed by atoms with Crippen molar-refractivity contribution in [1.82, 2.24) is 20.0 Å². The first-order valence-corrected chi connectivity index (χ1v) is 7.45. The maximum atomic E-state index is 3.52. The topological polar surface area (TPSA) is 21.8 Å². The average molecular weight is 256 g/mol. The van der Waals surface area contributed by atoms with Crippen LogP contribution in [0, 0.1) is 0 Å². The lowest BCUT2D eigenvalue weighted by Gasteiger charge is -2.21. The van der Waals surface area contributed by atoms with Gasteiger partial charge in [0.1, 0.15) is 0 Å². The summed E-state index contributed by atoms with van der Waals surface area (Å²) in [5.74, 6) is 0. The van der Waals surface area contributed by atoms with E-state index >= 15 is 0 Å². The molecule has 1 saturated heterocycles. The first kappa shape index (κ1) is 15.9. The van der Waals surface area contributed by atoms with Crippen molar-refractivity contribution < 1.29 is 0 Å². The molecule has 0 bridgehead atoms. The Morgan fingerprint density at radius 2 is 1.67 bits per heavy atom. The molecule has 0 spiro atoms. The zero-order chi connectivity index (χ0) is 13.2. The largest absolute Gasteiger partial charge is 0.315 e. The number of rotatable bonds is 10. The highest BCUT2D eigenvalue weighted by Crippen LogP contribution is 2.06. The molecule has 0 unspecified atom stereocenters. The van der Waals surface area contributed by atoms with Crippen LogP contribution in [0.15, 0.2) is 0 Å². The summed E-state index contributed by atoms with van der Waals surface area (Å²) in [6.45, 7) is 9.68. The summed E-state index contributed by atoms with van der Waals surface area (Å²) >= 11 is 0. The fourth-order valence-corrected chi connectivity index (χ4v) is 2.35. The Kier molecular flexibility index (Phi) is 8.59. The molecule has 4 heteroatoms. The van der Waals surface area contributed by atoms with E-state index < -0.39 is 0 Å². The monoisotopic (exact) mass is 256 g/mol. The SMILES string of the molecule is CN(C)CCCNCCN(C)CCN1CCCC1. The van der Waals surface area contributed by atoms with Crippen molar-refractivity contribution in [3.63, 3.8) is 0 Å². The predicted octanol–water partition coefficient (Wildman–Crippen LogP) is 0.555. The molecule has 0 saturated carbocycles. The van der Waals surface area contributed by atoms with Crippen LogP contribution in [0.2, 0.25) is 0 Å². The lowest BCUT2D eigenvalue weighted by atomic mass is 10.4. The van der Waals surface area contributed by atoms with E-state index in [1.807, 2.05) is 0 Å². The number of likely N-dealkylation sites (tertiary alicyclic amines) is 1. The molecule has 0 aromatic carbocycles. The highest BCUT2D eigenvalue weighted by molar-refractivity contribution is 4.67. The van der Waals surface area contributed by atoms with E-state index in [0.29, 0.717) is 0 Å². The molecule has 1 fully saturated rings. The van der Waals surface area contributed by atoms with Gasteiger partial charge in [-0.25, -0.2) is 0 Å². The van der Waals surface area contributed by atoms with Crippen molar-refractivity contribution in [3.05, 3.63) is 0 Å². The van der Waals surface area contributed by atoms with Crippen molar-refractivity contribution in [1.29, 1.82) is 0 Å². The quantitative estimate of drug-likeness (QED) is 0.576. The normalized spacial score (nSPS) is 17.2. The van der Waals surface area contributed by atoms with Crippen LogP contribution in [0.5, 0.6) is 0 Å². The van der Waals surface area contributed by atoms with Gasteiger partial charge in [-0.15, -0.1) is 0 Å². The molecule has 1 rings (SSSR count). The molecule has 0 aromatic rings. The van der Waals surface area contributed by atoms with Gasteiger partial charge in [0.05, 0.1) is 0 Å². The second kappa shape index (κ2) is 9.73. The molecule has 0 amide bonds. The predicted molar refractivity (Wildman–Crippen MR) is 79.2 cm³/mol. The molecule has 4 nitrogen and oxygen atoms in total. The number of hydrogen-bond donors (Lipinski definition) is 1. The Hall–Kier alpha value is -0.160. The second-order valence-electron chi connectivity index (χ2n) is 5.76. The summed E-state index contributed by atoms with van der Waals surface area (Å²) in [7, 11) is 6.50. The fraction of sp³-hybridized carbons (Fsp3) is 1.00. The molecule has 1 aliphatic heterocycles. The molecule has 1 heterocycles. The van der Waals surface area contributed by atoms with E-state index in [1.54, 1.807) is 0 Å². The van der Waals surface area contributed by atoms with Crippen molar-refractivity contribution in [2.24, 2.45) is 0 Å². The van der Waals surface area contributed by atoms with Gasteiger partial charge in [0.2, 0.25) is 0 Å². The first-order chi connectivity index (χ1) is 8.68. The summed E-state index contributed by atoms with van der Waals surface area (Å²) in [6.07, 6.45) is 4.04. The smallest absolute Gasteiger partial charge is 0.0109 e. The third-order valence-electron chi connectivity index (χ3n) is 3.63. The van der Waals surface area contributed by atoms with Gasteiger partial charge in [-0.3, -0.25) is 0 Å². The minimum atomic E-state index is 1.12. The number of nitrogens with one attached hydrogen (secondary N) is 1. The van der Waals surface area contributed by atoms with Gasteiger partial charge in [-0.05, 0) is 66.6 Å². The Balaban J connectivity index is 1.85. The van der Waals surface area contributed by atoms with Gasteiger partial charge in [0.25, 0.3) is 0 Å². The zero-order valence-corrected chi connectivity index (χ0v) is 12.6. The maximum Gasteiger partial charge on any atom is 0.0109 e. The highest BCUT2D eigenvalue weighted by atomic mass is 15.2. The number of nitrogens with zero attached hydrogens (tertiary/aromatic N) is 3. The molecular weight excluding hydrogens is 224 g/mol. The summed E-state index contributed by atoms with van der Waals surface area (Å²) in [5.41, 5.74) is 0. The van der Waals surface area contributed by atoms with Crippen molar-refractivity contribution in [3.8, 4) is 0 Å². The van der Waals surface area contributed by atoms with E-state index in [2.05, 4.69) is 41.2 Å². The van der Waals surface area contributed by atoms with Crippen LogP contribution < -0.4 is 5.32 Å². The van der Waals surface area contributed by atoms with Crippen LogP contribution in [0.3, 0.4) is 0 Å². The van der Waals surface area contributed by atoms with Gasteiger partial charge in [-0.2, -0.15) is 0 Å². The lowest BCUT2D eigenvalue weighted by Crippen LogP contribution is -2.35. The number of likely N-dealkylation sites (N-methyl/N-ethyl adjacent to an activating group) is 1. The zero-order valence-electron chi connectivity index (χ0n) is 12.6. The van der Waals surface area contributed by atoms with Gasteiger partial charge >= 0.3 is 0 Å². The summed E-state index contributed by atoms with van der Waals surface area (Å²) in [4.78, 5) is 7.27. The van der Waals surface area contributed by atoms with Crippen LogP contribution in [-0.2, 0) is 0 Å². The minimum Gasteiger partial charge on any atom is -0.315 e. The third kappa shape index (κ3) is 8.03. The molecule has 1 aliphatic rings. The molecule has 0 atom stereocenters. The molecule has 18 heavy (non-hydrogen) atoms. The lowest BCUT2D eigenvalue weighted by molar-refractivity contribution is 0.256. The van der Waals surface area contributed by atoms with Crippen molar-refractivity contribution in [2.45, 2.75) is 19.3 Å². The van der Waals surface area contributed by atoms with Crippen molar-refractivity contribution in [2.75, 3.05) is 73.5 Å². The van der Waals surface area contributed by atoms with E-state index in [-0.39, 0.29) is 0 Å².